The van der Waals surface area contributed by atoms with Crippen LogP contribution in [0.3, 0.4) is 0 Å². The van der Waals surface area contributed by atoms with Gasteiger partial charge < -0.3 is 20.0 Å². The first-order valence-corrected chi connectivity index (χ1v) is 13.2. The van der Waals surface area contributed by atoms with Crippen molar-refractivity contribution in [2.24, 2.45) is 7.05 Å². The van der Waals surface area contributed by atoms with Crippen molar-refractivity contribution in [2.45, 2.75) is 32.0 Å². The van der Waals surface area contributed by atoms with Crippen molar-refractivity contribution in [1.82, 2.24) is 24.6 Å². The number of fused-ring (bicyclic) bond motifs is 3. The highest BCUT2D eigenvalue weighted by Gasteiger charge is 2.39. The van der Waals surface area contributed by atoms with Gasteiger partial charge in [0.15, 0.2) is 5.13 Å². The number of aliphatic carboxylic acids is 2. The maximum absolute atomic E-state index is 10.6. The molecule has 0 spiro atoms. The van der Waals surface area contributed by atoms with E-state index in [1.54, 1.807) is 0 Å². The number of thiazole rings is 1. The molecule has 2 aliphatic heterocycles. The van der Waals surface area contributed by atoms with Crippen LogP contribution in [-0.4, -0.2) is 92.3 Å². The van der Waals surface area contributed by atoms with Crippen LogP contribution in [0, 0.1) is 0 Å². The third-order valence-electron chi connectivity index (χ3n) is 6.14. The Bertz CT molecular complexity index is 1340. The normalized spacial score (nSPS) is 15.8. The maximum Gasteiger partial charge on any atom is 0.490 e. The molecular formula is C25H28F6N6O4S. The number of aryl methyl sites for hydroxylation is 1. The highest BCUT2D eigenvalue weighted by atomic mass is 32.1. The van der Waals surface area contributed by atoms with Gasteiger partial charge in [0.05, 0.1) is 11.9 Å². The van der Waals surface area contributed by atoms with E-state index in [4.69, 9.17) is 24.8 Å². The Morgan fingerprint density at radius 3 is 2.02 bits per heavy atom. The minimum absolute atomic E-state index is 0.906. The number of alkyl halides is 6. The lowest BCUT2D eigenvalue weighted by Crippen LogP contribution is -2.44. The van der Waals surface area contributed by atoms with Crippen molar-refractivity contribution < 1.29 is 46.1 Å². The fourth-order valence-electron chi connectivity index (χ4n) is 4.10. The van der Waals surface area contributed by atoms with Gasteiger partial charge in [-0.2, -0.15) is 31.4 Å². The minimum atomic E-state index is -5.08. The number of hydrogen-bond acceptors (Lipinski definition) is 8. The summed E-state index contributed by atoms with van der Waals surface area (Å²) < 4.78 is 65.4. The van der Waals surface area contributed by atoms with Gasteiger partial charge in [-0.3, -0.25) is 9.58 Å². The number of anilines is 1. The van der Waals surface area contributed by atoms with E-state index in [2.05, 4.69) is 57.3 Å². The summed E-state index contributed by atoms with van der Waals surface area (Å²) in [7, 11) is 4.17. The van der Waals surface area contributed by atoms with E-state index < -0.39 is 24.3 Å². The number of piperazine rings is 1. The molecule has 0 aliphatic carbocycles. The zero-order valence-electron chi connectivity index (χ0n) is 22.5. The zero-order valence-corrected chi connectivity index (χ0v) is 23.3. The Morgan fingerprint density at radius 2 is 1.50 bits per heavy atom. The number of likely N-dealkylation sites (N-methyl/N-ethyl adjacent to an activating group) is 1. The van der Waals surface area contributed by atoms with Gasteiger partial charge in [0.25, 0.3) is 0 Å². The van der Waals surface area contributed by atoms with E-state index in [9.17, 15) is 26.3 Å². The molecule has 2 aromatic heterocycles. The lowest BCUT2D eigenvalue weighted by Gasteiger charge is -2.32. The highest BCUT2D eigenvalue weighted by Crippen LogP contribution is 2.39. The van der Waals surface area contributed by atoms with Crippen LogP contribution in [-0.2, 0) is 36.3 Å². The van der Waals surface area contributed by atoms with Gasteiger partial charge in [0.1, 0.15) is 0 Å². The molecule has 3 aromatic rings. The van der Waals surface area contributed by atoms with E-state index in [0.29, 0.717) is 0 Å². The van der Waals surface area contributed by atoms with Gasteiger partial charge in [0.2, 0.25) is 0 Å². The fraction of sp³-hybridized carbons (Fsp3) is 0.440. The fourth-order valence-corrected chi connectivity index (χ4v) is 5.27. The molecule has 4 heterocycles. The average molecular weight is 623 g/mol. The number of benzene rings is 1. The number of hydrogen-bond donors (Lipinski definition) is 2. The molecule has 230 valence electrons. The number of carboxylic acid groups (broad SMARTS) is 2. The van der Waals surface area contributed by atoms with Crippen LogP contribution >= 0.6 is 11.3 Å². The first kappa shape index (κ1) is 32.8. The molecule has 0 radical (unpaired) electrons. The molecule has 42 heavy (non-hydrogen) atoms. The lowest BCUT2D eigenvalue weighted by atomic mass is 10.1. The second-order valence-corrected chi connectivity index (χ2v) is 10.6. The summed E-state index contributed by atoms with van der Waals surface area (Å²) in [5, 5.41) is 19.8. The van der Waals surface area contributed by atoms with Gasteiger partial charge in [0, 0.05) is 75.1 Å². The standard InChI is InChI=1S/C21H26N6S.2C2HF3O2/c1-24-7-9-27(10-8-24)21-23-20-18-6-4-3-5-17(18)14-26(15-19(20)28-21)13-16-11-22-25(2)12-16;2*3-2(4,5)1(6)7/h3-6,11-12H,7-10,13-15H2,1-2H3;2*(H,6,7). The number of halogens is 6. The van der Waals surface area contributed by atoms with Crippen molar-refractivity contribution in [2.75, 3.05) is 38.1 Å². The first-order chi connectivity index (χ1) is 19.5. The van der Waals surface area contributed by atoms with Gasteiger partial charge in [-0.1, -0.05) is 35.6 Å². The van der Waals surface area contributed by atoms with E-state index in [0.717, 1.165) is 45.8 Å². The second-order valence-electron chi connectivity index (χ2n) is 9.49. The number of rotatable bonds is 3. The summed E-state index contributed by atoms with van der Waals surface area (Å²) >= 11 is 1.87. The Morgan fingerprint density at radius 1 is 0.929 bits per heavy atom. The van der Waals surface area contributed by atoms with E-state index in [-0.39, 0.29) is 0 Å². The third-order valence-corrected chi connectivity index (χ3v) is 7.24. The monoisotopic (exact) mass is 622 g/mol. The van der Waals surface area contributed by atoms with Gasteiger partial charge in [-0.05, 0) is 12.6 Å². The minimum Gasteiger partial charge on any atom is -0.475 e. The van der Waals surface area contributed by atoms with Crippen LogP contribution in [0.2, 0.25) is 0 Å². The summed E-state index contributed by atoms with van der Waals surface area (Å²) in [6.07, 6.45) is -6.08. The van der Waals surface area contributed by atoms with Gasteiger partial charge in [-0.15, -0.1) is 0 Å². The number of carbonyl (C=O) groups is 2. The van der Waals surface area contributed by atoms with Crippen molar-refractivity contribution in [3.63, 3.8) is 0 Å². The first-order valence-electron chi connectivity index (χ1n) is 12.4. The van der Waals surface area contributed by atoms with E-state index in [1.807, 2.05) is 29.3 Å². The highest BCUT2D eigenvalue weighted by molar-refractivity contribution is 7.16. The summed E-state index contributed by atoms with van der Waals surface area (Å²) in [5.41, 5.74) is 5.10. The summed E-state index contributed by atoms with van der Waals surface area (Å²) in [6, 6.07) is 8.75. The average Bonchev–Trinajstić information content (AvgIpc) is 3.46. The van der Waals surface area contributed by atoms with Crippen LogP contribution < -0.4 is 4.90 Å². The molecular weight excluding hydrogens is 594 g/mol. The maximum atomic E-state index is 10.6. The van der Waals surface area contributed by atoms with Crippen molar-refractivity contribution in [3.8, 4) is 11.3 Å². The molecule has 17 heteroatoms. The molecule has 0 saturated carbocycles. The van der Waals surface area contributed by atoms with E-state index >= 15 is 0 Å². The molecule has 5 rings (SSSR count). The predicted octanol–water partition coefficient (Wildman–Crippen LogP) is 4.08. The number of aromatic nitrogens is 3. The van der Waals surface area contributed by atoms with Crippen LogP contribution in [0.15, 0.2) is 36.7 Å². The second kappa shape index (κ2) is 13.5. The lowest BCUT2D eigenvalue weighted by molar-refractivity contribution is -0.193. The molecule has 2 N–H and O–H groups in total. The van der Waals surface area contributed by atoms with Crippen LogP contribution in [0.1, 0.15) is 16.0 Å². The summed E-state index contributed by atoms with van der Waals surface area (Å²) in [6.45, 7) is 7.11. The number of nitrogens with zero attached hydrogens (tertiary/aromatic N) is 6. The molecule has 1 aromatic carbocycles. The molecule has 10 nitrogen and oxygen atoms in total. The molecule has 1 saturated heterocycles. The molecule has 0 amide bonds. The van der Waals surface area contributed by atoms with Crippen molar-refractivity contribution >= 4 is 28.4 Å². The zero-order chi connectivity index (χ0) is 31.2. The van der Waals surface area contributed by atoms with E-state index in [1.165, 1.54) is 32.4 Å². The van der Waals surface area contributed by atoms with Crippen LogP contribution in [0.25, 0.3) is 11.3 Å². The smallest absolute Gasteiger partial charge is 0.475 e. The quantitative estimate of drug-likeness (QED) is 0.417. The molecule has 1 fully saturated rings. The summed E-state index contributed by atoms with van der Waals surface area (Å²) in [5.74, 6) is -5.51. The third kappa shape index (κ3) is 9.15. The largest absolute Gasteiger partial charge is 0.490 e. The van der Waals surface area contributed by atoms with Crippen LogP contribution in [0.5, 0.6) is 0 Å². The topological polar surface area (TPSA) is 115 Å². The Kier molecular flexibility index (Phi) is 10.6. The van der Waals surface area contributed by atoms with Crippen molar-refractivity contribution in [1.29, 1.82) is 0 Å². The Balaban J connectivity index is 0.000000289. The molecule has 0 unspecified atom stereocenters. The Labute approximate surface area is 240 Å². The van der Waals surface area contributed by atoms with Crippen molar-refractivity contribution in [3.05, 3.63) is 52.7 Å². The summed E-state index contributed by atoms with van der Waals surface area (Å²) in [4.78, 5) is 31.6. The Hall–Kier alpha value is -3.70. The predicted molar refractivity (Wildman–Crippen MR) is 141 cm³/mol. The molecule has 0 bridgehead atoms. The van der Waals surface area contributed by atoms with Gasteiger partial charge >= 0.3 is 24.3 Å². The molecule has 0 atom stereocenters. The SMILES string of the molecule is CN1CCN(c2nc3c(s2)CN(Cc2cnn(C)c2)Cc2ccccc2-3)CC1.O=C(O)C(F)(F)F.O=C(O)C(F)(F)F. The number of carboxylic acids is 2. The molecule has 2 aliphatic rings. The van der Waals surface area contributed by atoms with Crippen LogP contribution in [0.4, 0.5) is 31.5 Å². The van der Waals surface area contributed by atoms with Gasteiger partial charge in [-0.25, -0.2) is 14.6 Å².